The predicted molar refractivity (Wildman–Crippen MR) is 113 cm³/mol. The summed E-state index contributed by atoms with van der Waals surface area (Å²) in [7, 11) is 3.68. The van der Waals surface area contributed by atoms with Crippen molar-refractivity contribution in [2.24, 2.45) is 0 Å². The Balaban J connectivity index is 1.68. The van der Waals surface area contributed by atoms with Crippen molar-refractivity contribution in [2.75, 3.05) is 38.7 Å². The molecule has 1 aliphatic rings. The van der Waals surface area contributed by atoms with E-state index < -0.39 is 6.10 Å². The quantitative estimate of drug-likeness (QED) is 0.639. The third kappa shape index (κ3) is 4.51. The molecule has 8 nitrogen and oxygen atoms in total. The Morgan fingerprint density at radius 2 is 2.03 bits per heavy atom. The first-order chi connectivity index (χ1) is 14.9. The van der Waals surface area contributed by atoms with Crippen LogP contribution in [0.1, 0.15) is 28.0 Å². The summed E-state index contributed by atoms with van der Waals surface area (Å²) in [6.45, 7) is 2.89. The van der Waals surface area contributed by atoms with Gasteiger partial charge in [-0.25, -0.2) is 19.3 Å². The molecule has 3 heterocycles. The zero-order valence-corrected chi connectivity index (χ0v) is 17.6. The number of aryl methyl sites for hydroxylation is 1. The van der Waals surface area contributed by atoms with Gasteiger partial charge in [0.15, 0.2) is 0 Å². The van der Waals surface area contributed by atoms with Gasteiger partial charge >= 0.3 is 0 Å². The van der Waals surface area contributed by atoms with E-state index in [1.54, 1.807) is 34.3 Å². The zero-order chi connectivity index (χ0) is 22.0. The van der Waals surface area contributed by atoms with Crippen molar-refractivity contribution in [2.45, 2.75) is 13.0 Å². The van der Waals surface area contributed by atoms with Crippen molar-refractivity contribution in [3.05, 3.63) is 65.8 Å². The topological polar surface area (TPSA) is 84.3 Å². The van der Waals surface area contributed by atoms with Gasteiger partial charge in [0, 0.05) is 38.6 Å². The number of anilines is 1. The Bertz CT molecular complexity index is 1090. The van der Waals surface area contributed by atoms with E-state index in [1.165, 1.54) is 18.3 Å². The highest BCUT2D eigenvalue weighted by molar-refractivity contribution is 5.92. The van der Waals surface area contributed by atoms with Gasteiger partial charge < -0.3 is 14.5 Å². The molecule has 0 radical (unpaired) electrons. The number of carbonyl (C=O) groups is 1. The van der Waals surface area contributed by atoms with Gasteiger partial charge in [0.2, 0.25) is 5.95 Å². The maximum absolute atomic E-state index is 13.9. The van der Waals surface area contributed by atoms with E-state index in [0.29, 0.717) is 42.5 Å². The summed E-state index contributed by atoms with van der Waals surface area (Å²) in [6, 6.07) is 6.26. The van der Waals surface area contributed by atoms with Crippen LogP contribution in [0.3, 0.4) is 0 Å². The van der Waals surface area contributed by atoms with Gasteiger partial charge in [-0.15, -0.1) is 0 Å². The highest BCUT2D eigenvalue weighted by Crippen LogP contribution is 2.32. The first kappa shape index (κ1) is 20.8. The number of rotatable bonds is 4. The van der Waals surface area contributed by atoms with Crippen LogP contribution in [-0.2, 0) is 4.74 Å². The molecule has 0 spiro atoms. The van der Waals surface area contributed by atoms with Gasteiger partial charge in [0.25, 0.3) is 5.91 Å². The molecule has 0 bridgehead atoms. The van der Waals surface area contributed by atoms with E-state index in [2.05, 4.69) is 19.9 Å². The van der Waals surface area contributed by atoms with Crippen molar-refractivity contribution in [1.29, 1.82) is 0 Å². The van der Waals surface area contributed by atoms with Crippen LogP contribution in [0.2, 0.25) is 0 Å². The van der Waals surface area contributed by atoms with Crippen molar-refractivity contribution in [3.63, 3.8) is 0 Å². The number of benzene rings is 1. The lowest BCUT2D eigenvalue weighted by molar-refractivity contribution is -0.0246. The molecule has 160 valence electrons. The van der Waals surface area contributed by atoms with Crippen LogP contribution in [0.4, 0.5) is 10.3 Å². The second kappa shape index (κ2) is 8.73. The van der Waals surface area contributed by atoms with Gasteiger partial charge in [0.1, 0.15) is 17.6 Å². The molecule has 1 aliphatic heterocycles. The Morgan fingerprint density at radius 1 is 1.19 bits per heavy atom. The SMILES string of the molecule is Cc1cnc(C(=O)N2CCOC(c3nc(N(C)C)ncc3-c3cccc(F)c3)C2)cn1. The second-order valence-electron chi connectivity index (χ2n) is 7.53. The third-order valence-corrected chi connectivity index (χ3v) is 5.00. The van der Waals surface area contributed by atoms with E-state index in [1.807, 2.05) is 21.0 Å². The van der Waals surface area contributed by atoms with Gasteiger partial charge in [-0.1, -0.05) is 12.1 Å². The molecular formula is C22H23FN6O2. The first-order valence-corrected chi connectivity index (χ1v) is 9.92. The number of ether oxygens (including phenoxy) is 1. The highest BCUT2D eigenvalue weighted by Gasteiger charge is 2.30. The molecule has 2 aromatic heterocycles. The fraction of sp³-hybridized carbons (Fsp3) is 0.318. The Morgan fingerprint density at radius 3 is 2.74 bits per heavy atom. The molecule has 3 aromatic rings. The van der Waals surface area contributed by atoms with Crippen LogP contribution in [0.5, 0.6) is 0 Å². The summed E-state index contributed by atoms with van der Waals surface area (Å²) >= 11 is 0. The summed E-state index contributed by atoms with van der Waals surface area (Å²) in [4.78, 5) is 33.8. The fourth-order valence-electron chi connectivity index (χ4n) is 3.39. The molecular weight excluding hydrogens is 399 g/mol. The summed E-state index contributed by atoms with van der Waals surface area (Å²) in [5.74, 6) is -0.0546. The lowest BCUT2D eigenvalue weighted by atomic mass is 10.0. The number of aromatic nitrogens is 4. The average molecular weight is 422 g/mol. The van der Waals surface area contributed by atoms with Gasteiger partial charge in [-0.05, 0) is 24.6 Å². The molecule has 4 rings (SSSR count). The Kier molecular flexibility index (Phi) is 5.85. The molecule has 0 N–H and O–H groups in total. The maximum Gasteiger partial charge on any atom is 0.274 e. The largest absolute Gasteiger partial charge is 0.368 e. The molecule has 9 heteroatoms. The smallest absolute Gasteiger partial charge is 0.274 e. The zero-order valence-electron chi connectivity index (χ0n) is 17.6. The summed E-state index contributed by atoms with van der Waals surface area (Å²) in [6.07, 6.45) is 4.23. The maximum atomic E-state index is 13.9. The van der Waals surface area contributed by atoms with Crippen LogP contribution >= 0.6 is 0 Å². The summed E-state index contributed by atoms with van der Waals surface area (Å²) < 4.78 is 19.9. The minimum Gasteiger partial charge on any atom is -0.368 e. The number of nitrogens with zero attached hydrogens (tertiary/aromatic N) is 6. The highest BCUT2D eigenvalue weighted by atomic mass is 19.1. The standard InChI is InChI=1S/C22H23FN6O2/c1-14-10-25-18(12-24-14)21(30)29-7-8-31-19(13-29)20-17(11-26-22(27-20)28(2)3)15-5-4-6-16(23)9-15/h4-6,9-12,19H,7-8,13H2,1-3H3. The number of halogens is 1. The van der Waals surface area contributed by atoms with Crippen molar-refractivity contribution < 1.29 is 13.9 Å². The Labute approximate surface area is 179 Å². The van der Waals surface area contributed by atoms with Crippen molar-refractivity contribution >= 4 is 11.9 Å². The first-order valence-electron chi connectivity index (χ1n) is 9.92. The third-order valence-electron chi connectivity index (χ3n) is 5.00. The minimum absolute atomic E-state index is 0.213. The molecule has 1 saturated heterocycles. The molecule has 1 fully saturated rings. The predicted octanol–water partition coefficient (Wildman–Crippen LogP) is 2.66. The molecule has 1 amide bonds. The van der Waals surface area contributed by atoms with Crippen LogP contribution in [0.15, 0.2) is 42.9 Å². The van der Waals surface area contributed by atoms with Crippen molar-refractivity contribution in [3.8, 4) is 11.1 Å². The van der Waals surface area contributed by atoms with E-state index in [-0.39, 0.29) is 17.4 Å². The lowest BCUT2D eigenvalue weighted by Gasteiger charge is -2.33. The summed E-state index contributed by atoms with van der Waals surface area (Å²) in [5.41, 5.74) is 2.95. The number of carbonyl (C=O) groups excluding carboxylic acids is 1. The van der Waals surface area contributed by atoms with Crippen LogP contribution in [-0.4, -0.2) is 64.5 Å². The molecule has 1 unspecified atom stereocenters. The van der Waals surface area contributed by atoms with Crippen LogP contribution in [0.25, 0.3) is 11.1 Å². The molecule has 0 saturated carbocycles. The lowest BCUT2D eigenvalue weighted by Crippen LogP contribution is -2.43. The van der Waals surface area contributed by atoms with Gasteiger partial charge in [0.05, 0.1) is 30.7 Å². The van der Waals surface area contributed by atoms with Gasteiger partial charge in [-0.3, -0.25) is 9.78 Å². The minimum atomic E-state index is -0.490. The number of amides is 1. The van der Waals surface area contributed by atoms with Crippen LogP contribution < -0.4 is 4.90 Å². The molecule has 31 heavy (non-hydrogen) atoms. The van der Waals surface area contributed by atoms with E-state index in [4.69, 9.17) is 4.74 Å². The van der Waals surface area contributed by atoms with Crippen molar-refractivity contribution in [1.82, 2.24) is 24.8 Å². The Hall–Kier alpha value is -3.46. The van der Waals surface area contributed by atoms with E-state index in [9.17, 15) is 9.18 Å². The number of morpholine rings is 1. The van der Waals surface area contributed by atoms with E-state index >= 15 is 0 Å². The summed E-state index contributed by atoms with van der Waals surface area (Å²) in [5, 5.41) is 0. The normalized spacial score (nSPS) is 16.3. The van der Waals surface area contributed by atoms with Crippen LogP contribution in [0, 0.1) is 12.7 Å². The second-order valence-corrected chi connectivity index (χ2v) is 7.53. The molecule has 1 atom stereocenters. The number of hydrogen-bond acceptors (Lipinski definition) is 7. The fourth-order valence-corrected chi connectivity index (χ4v) is 3.39. The molecule has 1 aromatic carbocycles. The van der Waals surface area contributed by atoms with E-state index in [0.717, 1.165) is 5.69 Å². The average Bonchev–Trinajstić information content (AvgIpc) is 2.79. The monoisotopic (exact) mass is 422 g/mol. The van der Waals surface area contributed by atoms with Gasteiger partial charge in [-0.2, -0.15) is 0 Å². The number of hydrogen-bond donors (Lipinski definition) is 0. The molecule has 0 aliphatic carbocycles.